The Morgan fingerprint density at radius 1 is 1.46 bits per heavy atom. The predicted molar refractivity (Wildman–Crippen MR) is 44.5 cm³/mol. The van der Waals surface area contributed by atoms with Gasteiger partial charge < -0.3 is 10.2 Å². The average molecular weight is 177 g/mol. The lowest BCUT2D eigenvalue weighted by Gasteiger charge is -2.01. The quantitative estimate of drug-likeness (QED) is 0.498. The minimum absolute atomic E-state index is 0.106. The van der Waals surface area contributed by atoms with Crippen molar-refractivity contribution in [2.45, 2.75) is 6.92 Å². The molecule has 0 unspecified atom stereocenters. The highest BCUT2D eigenvalue weighted by molar-refractivity contribution is 5.95. The van der Waals surface area contributed by atoms with Crippen LogP contribution >= 0.6 is 0 Å². The van der Waals surface area contributed by atoms with Gasteiger partial charge in [-0.05, 0) is 19.1 Å². The molecule has 0 saturated carbocycles. The Morgan fingerprint density at radius 3 is 2.54 bits per heavy atom. The molecule has 4 heteroatoms. The van der Waals surface area contributed by atoms with Crippen molar-refractivity contribution in [3.05, 3.63) is 23.3 Å². The molecule has 1 aromatic carbocycles. The van der Waals surface area contributed by atoms with E-state index in [0.717, 1.165) is 6.07 Å². The third-order valence-corrected chi connectivity index (χ3v) is 1.62. The third kappa shape index (κ3) is 1.59. The van der Waals surface area contributed by atoms with Gasteiger partial charge in [-0.1, -0.05) is 0 Å². The average Bonchev–Trinajstić information content (AvgIpc) is 2.09. The highest BCUT2D eigenvalue weighted by Gasteiger charge is 2.10. The molecule has 0 spiro atoms. The van der Waals surface area contributed by atoms with Crippen LogP contribution in [0.3, 0.4) is 0 Å². The summed E-state index contributed by atoms with van der Waals surface area (Å²) in [5, 5.41) is 26.7. The molecule has 0 atom stereocenters. The van der Waals surface area contributed by atoms with Crippen molar-refractivity contribution in [3.8, 4) is 17.6 Å². The van der Waals surface area contributed by atoms with Crippen LogP contribution in [-0.2, 0) is 0 Å². The highest BCUT2D eigenvalue weighted by Crippen LogP contribution is 2.29. The molecular formula is C9H7NO3. The Labute approximate surface area is 74.7 Å². The van der Waals surface area contributed by atoms with Crippen LogP contribution in [0.5, 0.6) is 11.5 Å². The molecule has 0 aliphatic heterocycles. The van der Waals surface area contributed by atoms with Crippen molar-refractivity contribution in [1.29, 1.82) is 5.26 Å². The van der Waals surface area contributed by atoms with Crippen molar-refractivity contribution < 1.29 is 15.0 Å². The topological polar surface area (TPSA) is 81.3 Å². The zero-order valence-electron chi connectivity index (χ0n) is 6.90. The number of nitrogens with zero attached hydrogens (tertiary/aromatic N) is 1. The Kier molecular flexibility index (Phi) is 2.20. The van der Waals surface area contributed by atoms with Crippen LogP contribution < -0.4 is 0 Å². The molecule has 1 rings (SSSR count). The van der Waals surface area contributed by atoms with Crippen LogP contribution in [0, 0.1) is 11.3 Å². The minimum atomic E-state index is -0.493. The van der Waals surface area contributed by atoms with Crippen LogP contribution in [0.2, 0.25) is 0 Å². The number of ketones is 1. The van der Waals surface area contributed by atoms with Crippen LogP contribution in [0.1, 0.15) is 22.8 Å². The molecule has 0 amide bonds. The second kappa shape index (κ2) is 3.15. The fourth-order valence-corrected chi connectivity index (χ4v) is 0.908. The van der Waals surface area contributed by atoms with Gasteiger partial charge in [-0.25, -0.2) is 0 Å². The Morgan fingerprint density at radius 2 is 2.08 bits per heavy atom. The monoisotopic (exact) mass is 177 g/mol. The van der Waals surface area contributed by atoms with E-state index in [1.807, 2.05) is 0 Å². The van der Waals surface area contributed by atoms with Crippen molar-refractivity contribution in [1.82, 2.24) is 0 Å². The minimum Gasteiger partial charge on any atom is -0.504 e. The molecule has 4 nitrogen and oxygen atoms in total. The molecule has 0 aromatic heterocycles. The summed E-state index contributed by atoms with van der Waals surface area (Å²) in [6.45, 7) is 1.31. The Hall–Kier alpha value is -2.02. The summed E-state index contributed by atoms with van der Waals surface area (Å²) in [7, 11) is 0. The smallest absolute Gasteiger partial charge is 0.175 e. The second-order valence-electron chi connectivity index (χ2n) is 2.56. The number of phenols is 2. The number of rotatable bonds is 1. The van der Waals surface area contributed by atoms with E-state index in [9.17, 15) is 4.79 Å². The number of nitriles is 1. The van der Waals surface area contributed by atoms with E-state index in [0.29, 0.717) is 0 Å². The normalized spacial score (nSPS) is 9.23. The van der Waals surface area contributed by atoms with Gasteiger partial charge in [0.1, 0.15) is 6.07 Å². The summed E-state index contributed by atoms with van der Waals surface area (Å²) in [4.78, 5) is 10.9. The van der Waals surface area contributed by atoms with Gasteiger partial charge in [-0.15, -0.1) is 0 Å². The number of Topliss-reactive ketones (excluding diaryl/α,β-unsaturated/α-hetero) is 1. The molecule has 13 heavy (non-hydrogen) atoms. The largest absolute Gasteiger partial charge is 0.504 e. The summed E-state index contributed by atoms with van der Waals surface area (Å²) >= 11 is 0. The van der Waals surface area contributed by atoms with Crippen molar-refractivity contribution >= 4 is 5.78 Å². The fourth-order valence-electron chi connectivity index (χ4n) is 0.908. The summed E-state index contributed by atoms with van der Waals surface area (Å²) in [6, 6.07) is 4.03. The molecule has 0 heterocycles. The molecule has 0 aliphatic rings. The second-order valence-corrected chi connectivity index (χ2v) is 2.56. The van der Waals surface area contributed by atoms with E-state index in [2.05, 4.69) is 0 Å². The van der Waals surface area contributed by atoms with E-state index in [4.69, 9.17) is 15.5 Å². The van der Waals surface area contributed by atoms with Gasteiger partial charge in [0.2, 0.25) is 0 Å². The Balaban J connectivity index is 3.41. The molecule has 0 fully saturated rings. The molecule has 0 saturated heterocycles. The zero-order valence-corrected chi connectivity index (χ0v) is 6.90. The summed E-state index contributed by atoms with van der Waals surface area (Å²) < 4.78 is 0. The summed E-state index contributed by atoms with van der Waals surface area (Å²) in [6.07, 6.45) is 0. The maximum Gasteiger partial charge on any atom is 0.175 e. The van der Waals surface area contributed by atoms with E-state index >= 15 is 0 Å². The lowest BCUT2D eigenvalue weighted by atomic mass is 10.1. The highest BCUT2D eigenvalue weighted by atomic mass is 16.3. The third-order valence-electron chi connectivity index (χ3n) is 1.62. The van der Waals surface area contributed by atoms with E-state index in [1.165, 1.54) is 13.0 Å². The lowest BCUT2D eigenvalue weighted by molar-refractivity contribution is 0.101. The van der Waals surface area contributed by atoms with E-state index < -0.39 is 11.5 Å². The molecular weight excluding hydrogens is 170 g/mol. The van der Waals surface area contributed by atoms with Crippen LogP contribution in [0.4, 0.5) is 0 Å². The van der Waals surface area contributed by atoms with Gasteiger partial charge >= 0.3 is 0 Å². The first-order chi connectivity index (χ1) is 6.06. The maximum atomic E-state index is 10.9. The standard InChI is InChI=1S/C9H7NO3/c1-5(11)6-2-7(4-10)9(13)8(12)3-6/h2-3,12-13H,1H3. The SMILES string of the molecule is CC(=O)c1cc(O)c(O)c(C#N)c1. The number of aromatic hydroxyl groups is 2. The van der Waals surface area contributed by atoms with Crippen LogP contribution in [-0.4, -0.2) is 16.0 Å². The molecule has 0 bridgehead atoms. The maximum absolute atomic E-state index is 10.9. The van der Waals surface area contributed by atoms with Gasteiger partial charge in [-0.2, -0.15) is 5.26 Å². The van der Waals surface area contributed by atoms with Crippen molar-refractivity contribution in [2.75, 3.05) is 0 Å². The van der Waals surface area contributed by atoms with E-state index in [-0.39, 0.29) is 16.9 Å². The molecule has 1 aromatic rings. The number of hydrogen-bond donors (Lipinski definition) is 2. The van der Waals surface area contributed by atoms with Crippen molar-refractivity contribution in [3.63, 3.8) is 0 Å². The molecule has 0 radical (unpaired) electrons. The lowest BCUT2D eigenvalue weighted by Crippen LogP contribution is -1.92. The van der Waals surface area contributed by atoms with Gasteiger partial charge in [-0.3, -0.25) is 4.79 Å². The van der Waals surface area contributed by atoms with Crippen LogP contribution in [0.15, 0.2) is 12.1 Å². The number of phenolic OH excluding ortho intramolecular Hbond substituents is 2. The number of carbonyl (C=O) groups is 1. The first-order valence-corrected chi connectivity index (χ1v) is 3.53. The molecule has 0 aliphatic carbocycles. The first kappa shape index (κ1) is 9.07. The van der Waals surface area contributed by atoms with E-state index in [1.54, 1.807) is 6.07 Å². The number of carbonyl (C=O) groups excluding carboxylic acids is 1. The summed E-state index contributed by atoms with van der Waals surface area (Å²) in [5.41, 5.74) is 0.0945. The van der Waals surface area contributed by atoms with Gasteiger partial charge in [0, 0.05) is 5.56 Å². The van der Waals surface area contributed by atoms with Gasteiger partial charge in [0.15, 0.2) is 17.3 Å². The van der Waals surface area contributed by atoms with Gasteiger partial charge in [0.25, 0.3) is 0 Å². The first-order valence-electron chi connectivity index (χ1n) is 3.53. The predicted octanol–water partition coefficient (Wildman–Crippen LogP) is 1.17. The zero-order chi connectivity index (χ0) is 10.0. The Bertz CT molecular complexity index is 404. The van der Waals surface area contributed by atoms with Gasteiger partial charge in [0.05, 0.1) is 5.56 Å². The fraction of sp³-hybridized carbons (Fsp3) is 0.111. The molecule has 66 valence electrons. The number of hydrogen-bond acceptors (Lipinski definition) is 4. The van der Waals surface area contributed by atoms with Crippen molar-refractivity contribution in [2.24, 2.45) is 0 Å². The van der Waals surface area contributed by atoms with Crippen LogP contribution in [0.25, 0.3) is 0 Å². The number of benzene rings is 1. The molecule has 2 N–H and O–H groups in total. The summed E-state index contributed by atoms with van der Waals surface area (Å²) in [5.74, 6) is -1.22.